The number of aromatic nitrogens is 4. The van der Waals surface area contributed by atoms with Crippen LogP contribution in [-0.2, 0) is 0 Å². The van der Waals surface area contributed by atoms with E-state index in [-0.39, 0.29) is 0 Å². The van der Waals surface area contributed by atoms with Crippen molar-refractivity contribution in [2.24, 2.45) is 0 Å². The van der Waals surface area contributed by atoms with Crippen LogP contribution < -0.4 is 0 Å². The average molecular weight is 715 g/mol. The Morgan fingerprint density at radius 2 is 0.554 bits per heavy atom. The molecule has 0 amide bonds. The molecule has 258 valence electrons. The van der Waals surface area contributed by atoms with Crippen molar-refractivity contribution in [3.63, 3.8) is 0 Å². The smallest absolute Gasteiger partial charge is 0.0998 e. The van der Waals surface area contributed by atoms with Crippen LogP contribution in [0.2, 0.25) is 0 Å². The first-order valence-corrected chi connectivity index (χ1v) is 17.7. The maximum Gasteiger partial charge on any atom is 0.0998 e. The maximum absolute atomic E-state index is 10.3. The van der Waals surface area contributed by atoms with Gasteiger partial charge in [-0.05, 0) is 72.8 Å². The van der Waals surface area contributed by atoms with Crippen LogP contribution in [-0.4, -0.2) is 19.9 Å². The fraction of sp³-hybridized carbons (Fsp3) is 0. The van der Waals surface area contributed by atoms with Crippen LogP contribution in [0.15, 0.2) is 121 Å². The highest BCUT2D eigenvalue weighted by molar-refractivity contribution is 6.01. The third-order valence-electron chi connectivity index (χ3n) is 10.0. The van der Waals surface area contributed by atoms with E-state index in [4.69, 9.17) is 9.97 Å². The van der Waals surface area contributed by atoms with Gasteiger partial charge in [0.25, 0.3) is 0 Å². The number of rotatable bonds is 4. The van der Waals surface area contributed by atoms with Crippen LogP contribution in [0.3, 0.4) is 0 Å². The summed E-state index contributed by atoms with van der Waals surface area (Å²) in [5.74, 6) is 0. The van der Waals surface area contributed by atoms with Crippen molar-refractivity contribution in [3.8, 4) is 68.8 Å². The molecule has 7 aromatic rings. The Kier molecular flexibility index (Phi) is 8.19. The molecule has 0 radical (unpaired) electrons. The van der Waals surface area contributed by atoms with E-state index in [0.29, 0.717) is 112 Å². The highest BCUT2D eigenvalue weighted by Gasteiger charge is 2.22. The van der Waals surface area contributed by atoms with Crippen LogP contribution in [0.1, 0.15) is 45.0 Å². The minimum atomic E-state index is 0.479. The molecule has 0 saturated heterocycles. The molecule has 0 saturated carbocycles. The lowest BCUT2D eigenvalue weighted by molar-refractivity contribution is 1.31. The molecule has 9 rings (SSSR count). The summed E-state index contributed by atoms with van der Waals surface area (Å²) < 4.78 is 0. The second kappa shape index (κ2) is 13.8. The van der Waals surface area contributed by atoms with Gasteiger partial charge in [-0.1, -0.05) is 72.8 Å². The molecular formula is C48H26N8. The van der Waals surface area contributed by atoms with Crippen molar-refractivity contribution < 1.29 is 0 Å². The van der Waals surface area contributed by atoms with Gasteiger partial charge in [0.1, 0.15) is 0 Å². The third kappa shape index (κ3) is 5.53. The van der Waals surface area contributed by atoms with Crippen molar-refractivity contribution >= 4 is 46.4 Å². The Morgan fingerprint density at radius 1 is 0.321 bits per heavy atom. The van der Waals surface area contributed by atoms with E-state index in [0.717, 1.165) is 0 Å². The van der Waals surface area contributed by atoms with Gasteiger partial charge in [0.15, 0.2) is 0 Å². The normalized spacial score (nSPS) is 11.4. The second-order valence-corrected chi connectivity index (χ2v) is 13.1. The molecular weight excluding hydrogens is 689 g/mol. The van der Waals surface area contributed by atoms with Crippen LogP contribution in [0.25, 0.3) is 90.9 Å². The van der Waals surface area contributed by atoms with E-state index in [1.165, 1.54) is 0 Å². The number of nitriles is 4. The Balaban J connectivity index is 1.53. The van der Waals surface area contributed by atoms with E-state index in [1.807, 2.05) is 121 Å². The van der Waals surface area contributed by atoms with Crippen molar-refractivity contribution in [1.29, 1.82) is 21.0 Å². The van der Waals surface area contributed by atoms with Crippen LogP contribution in [0, 0.1) is 45.3 Å². The zero-order valence-electron chi connectivity index (χ0n) is 29.5. The lowest BCUT2D eigenvalue weighted by Crippen LogP contribution is -1.93. The SMILES string of the molecule is N#Cc1ccccc1-c1c2nc(c(-c3ccccc3C#N)c3ccc([nH]3)c(-c3ccccc3C#N)c3nc(c(-c4ccccc4C#N)c4ccc1[nH]4)C=C3)C=C2. The Morgan fingerprint density at radius 3 is 0.786 bits per heavy atom. The summed E-state index contributed by atoms with van der Waals surface area (Å²) in [5, 5.41) is 41.1. The summed E-state index contributed by atoms with van der Waals surface area (Å²) in [5.41, 5.74) is 12.8. The zero-order chi connectivity index (χ0) is 38.2. The summed E-state index contributed by atoms with van der Waals surface area (Å²) in [6.45, 7) is 0. The molecule has 0 aliphatic carbocycles. The predicted molar refractivity (Wildman–Crippen MR) is 219 cm³/mol. The molecule has 4 aromatic carbocycles. The standard InChI is InChI=1S/C48H26N8/c49-25-29-9-1-5-13-33(29)45-37-17-19-39(53-37)46(34-14-6-2-10-30(34)26-50)41-21-23-43(55-41)48(36-16-8-4-12-32(36)28-52)44-24-22-42(56-44)47(40-20-18-38(45)54-40)35-15-7-3-11-31(35)27-51/h1-24,53,56H. The maximum atomic E-state index is 10.3. The largest absolute Gasteiger partial charge is 0.354 e. The average Bonchev–Trinajstić information content (AvgIpc) is 4.10. The molecule has 0 fully saturated rings. The highest BCUT2D eigenvalue weighted by Crippen LogP contribution is 2.40. The minimum absolute atomic E-state index is 0.479. The number of fused-ring (bicyclic) bond motifs is 8. The monoisotopic (exact) mass is 714 g/mol. The summed E-state index contributed by atoms with van der Waals surface area (Å²) in [7, 11) is 0. The van der Waals surface area contributed by atoms with Gasteiger partial charge >= 0.3 is 0 Å². The molecule has 2 N–H and O–H groups in total. The van der Waals surface area contributed by atoms with Crippen molar-refractivity contribution in [2.75, 3.05) is 0 Å². The Hall–Kier alpha value is -8.56. The summed E-state index contributed by atoms with van der Waals surface area (Å²) >= 11 is 0. The number of nitrogens with zero attached hydrogens (tertiary/aromatic N) is 6. The molecule has 0 unspecified atom stereocenters. The van der Waals surface area contributed by atoms with Crippen molar-refractivity contribution in [1.82, 2.24) is 19.9 Å². The summed E-state index contributed by atoms with van der Waals surface area (Å²) in [4.78, 5) is 17.8. The number of hydrogen-bond acceptors (Lipinski definition) is 6. The number of benzene rings is 4. The van der Waals surface area contributed by atoms with Crippen molar-refractivity contribution in [2.45, 2.75) is 0 Å². The van der Waals surface area contributed by atoms with Gasteiger partial charge in [0, 0.05) is 66.6 Å². The van der Waals surface area contributed by atoms with Crippen LogP contribution >= 0.6 is 0 Å². The van der Waals surface area contributed by atoms with E-state index >= 15 is 0 Å². The molecule has 3 aromatic heterocycles. The molecule has 0 atom stereocenters. The Bertz CT molecular complexity index is 2780. The van der Waals surface area contributed by atoms with Gasteiger partial charge in [0.05, 0.1) is 69.3 Å². The van der Waals surface area contributed by atoms with Gasteiger partial charge in [-0.2, -0.15) is 21.0 Å². The number of aromatic amines is 2. The highest BCUT2D eigenvalue weighted by atomic mass is 14.8. The quantitative estimate of drug-likeness (QED) is 0.185. The number of hydrogen-bond donors (Lipinski definition) is 2. The fourth-order valence-corrected chi connectivity index (χ4v) is 7.53. The van der Waals surface area contributed by atoms with Gasteiger partial charge < -0.3 is 9.97 Å². The first-order chi connectivity index (χ1) is 27.6. The second-order valence-electron chi connectivity index (χ2n) is 13.1. The molecule has 8 bridgehead atoms. The molecule has 2 aliphatic heterocycles. The molecule has 0 spiro atoms. The zero-order valence-corrected chi connectivity index (χ0v) is 29.5. The van der Waals surface area contributed by atoms with E-state index in [1.54, 1.807) is 24.3 Å². The van der Waals surface area contributed by atoms with E-state index < -0.39 is 0 Å². The Labute approximate surface area is 321 Å². The van der Waals surface area contributed by atoms with E-state index in [2.05, 4.69) is 34.2 Å². The van der Waals surface area contributed by atoms with Crippen LogP contribution in [0.4, 0.5) is 0 Å². The van der Waals surface area contributed by atoms with Gasteiger partial charge in [-0.15, -0.1) is 0 Å². The molecule has 2 aliphatic rings. The topological polar surface area (TPSA) is 153 Å². The lowest BCUT2D eigenvalue weighted by atomic mass is 9.98. The lowest BCUT2D eigenvalue weighted by Gasteiger charge is -2.09. The molecule has 8 nitrogen and oxygen atoms in total. The molecule has 8 heteroatoms. The predicted octanol–water partition coefficient (Wildman–Crippen LogP) is 10.8. The van der Waals surface area contributed by atoms with Gasteiger partial charge in [0.2, 0.25) is 0 Å². The summed E-state index contributed by atoms with van der Waals surface area (Å²) in [6.07, 6.45) is 7.71. The van der Waals surface area contributed by atoms with E-state index in [9.17, 15) is 21.0 Å². The molecule has 5 heterocycles. The fourth-order valence-electron chi connectivity index (χ4n) is 7.53. The third-order valence-corrected chi connectivity index (χ3v) is 10.0. The summed E-state index contributed by atoms with van der Waals surface area (Å²) in [6, 6.07) is 46.9. The van der Waals surface area contributed by atoms with Gasteiger partial charge in [-0.3, -0.25) is 0 Å². The number of H-pyrrole nitrogens is 2. The molecule has 56 heavy (non-hydrogen) atoms. The van der Waals surface area contributed by atoms with Crippen molar-refractivity contribution in [3.05, 3.63) is 166 Å². The first-order valence-electron chi connectivity index (χ1n) is 17.7. The van der Waals surface area contributed by atoms with Crippen LogP contribution in [0.5, 0.6) is 0 Å². The number of nitrogens with one attached hydrogen (secondary N) is 2. The minimum Gasteiger partial charge on any atom is -0.354 e. The first kappa shape index (κ1) is 33.3. The van der Waals surface area contributed by atoms with Gasteiger partial charge in [-0.25, -0.2) is 9.97 Å².